The van der Waals surface area contributed by atoms with Gasteiger partial charge in [-0.3, -0.25) is 9.88 Å². The van der Waals surface area contributed by atoms with Gasteiger partial charge in [-0.2, -0.15) is 0 Å². The van der Waals surface area contributed by atoms with E-state index in [9.17, 15) is 0 Å². The zero-order valence-corrected chi connectivity index (χ0v) is 12.5. The summed E-state index contributed by atoms with van der Waals surface area (Å²) in [7, 11) is 0. The van der Waals surface area contributed by atoms with Crippen molar-refractivity contribution in [1.82, 2.24) is 9.88 Å². The lowest BCUT2D eigenvalue weighted by Crippen LogP contribution is -2.47. The smallest absolute Gasteiger partial charge is 0.0315 e. The molecular formula is C17H26N2. The monoisotopic (exact) mass is 258 g/mol. The maximum atomic E-state index is 4.30. The quantitative estimate of drug-likeness (QED) is 0.805. The van der Waals surface area contributed by atoms with E-state index in [0.717, 1.165) is 18.5 Å². The van der Waals surface area contributed by atoms with Crippen LogP contribution in [0, 0.1) is 11.3 Å². The molecule has 0 radical (unpaired) electrons. The Labute approximate surface area is 117 Å². The van der Waals surface area contributed by atoms with E-state index >= 15 is 0 Å². The van der Waals surface area contributed by atoms with Gasteiger partial charge >= 0.3 is 0 Å². The van der Waals surface area contributed by atoms with E-state index in [-0.39, 0.29) is 0 Å². The normalized spacial score (nSPS) is 35.3. The number of nitrogens with zero attached hydrogens (tertiary/aromatic N) is 2. The van der Waals surface area contributed by atoms with E-state index < -0.39 is 0 Å². The van der Waals surface area contributed by atoms with Crippen LogP contribution in [0.25, 0.3) is 0 Å². The van der Waals surface area contributed by atoms with Gasteiger partial charge in [0.2, 0.25) is 0 Å². The summed E-state index contributed by atoms with van der Waals surface area (Å²) in [6, 6.07) is 2.96. The fraction of sp³-hybridized carbons (Fsp3) is 0.706. The van der Waals surface area contributed by atoms with Crippen molar-refractivity contribution in [3.63, 3.8) is 0 Å². The van der Waals surface area contributed by atoms with Crippen molar-refractivity contribution in [2.75, 3.05) is 6.54 Å². The van der Waals surface area contributed by atoms with Crippen molar-refractivity contribution < 1.29 is 0 Å². The first-order valence-electron chi connectivity index (χ1n) is 7.81. The number of rotatable bonds is 2. The second kappa shape index (κ2) is 4.90. The molecule has 0 spiro atoms. The Morgan fingerprint density at radius 2 is 2.21 bits per heavy atom. The SMILES string of the molecule is CCC1(C)C(C)CCC1N1CCc2ccncc2C1. The van der Waals surface area contributed by atoms with Crippen molar-refractivity contribution in [3.8, 4) is 0 Å². The minimum absolute atomic E-state index is 0.500. The van der Waals surface area contributed by atoms with E-state index in [1.165, 1.54) is 43.4 Å². The molecular weight excluding hydrogens is 232 g/mol. The van der Waals surface area contributed by atoms with Crippen LogP contribution in [-0.2, 0) is 13.0 Å². The maximum Gasteiger partial charge on any atom is 0.0315 e. The van der Waals surface area contributed by atoms with Crippen LogP contribution in [0.4, 0.5) is 0 Å². The molecule has 2 heteroatoms. The minimum Gasteiger partial charge on any atom is -0.295 e. The van der Waals surface area contributed by atoms with Crippen molar-refractivity contribution in [2.24, 2.45) is 11.3 Å². The first-order chi connectivity index (χ1) is 9.15. The van der Waals surface area contributed by atoms with E-state index in [1.807, 2.05) is 6.20 Å². The Hall–Kier alpha value is -0.890. The van der Waals surface area contributed by atoms with Crippen molar-refractivity contribution >= 4 is 0 Å². The predicted octanol–water partition coefficient (Wildman–Crippen LogP) is 3.65. The molecule has 0 amide bonds. The molecule has 0 bridgehead atoms. The molecule has 2 heterocycles. The Morgan fingerprint density at radius 3 is 3.00 bits per heavy atom. The molecule has 1 saturated carbocycles. The van der Waals surface area contributed by atoms with Crippen LogP contribution in [0.2, 0.25) is 0 Å². The molecule has 1 aliphatic heterocycles. The predicted molar refractivity (Wildman–Crippen MR) is 78.9 cm³/mol. The zero-order chi connectivity index (χ0) is 13.5. The Kier molecular flexibility index (Phi) is 3.38. The molecule has 3 rings (SSSR count). The van der Waals surface area contributed by atoms with Gasteiger partial charge in [0, 0.05) is 31.5 Å². The topological polar surface area (TPSA) is 16.1 Å². The molecule has 3 atom stereocenters. The molecule has 1 aromatic heterocycles. The average Bonchev–Trinajstić information content (AvgIpc) is 2.75. The third-order valence-electron chi connectivity index (χ3n) is 6.01. The van der Waals surface area contributed by atoms with Crippen LogP contribution < -0.4 is 0 Å². The highest BCUT2D eigenvalue weighted by molar-refractivity contribution is 5.26. The fourth-order valence-corrected chi connectivity index (χ4v) is 4.25. The molecule has 0 N–H and O–H groups in total. The third-order valence-corrected chi connectivity index (χ3v) is 6.01. The molecule has 1 aliphatic carbocycles. The number of aromatic nitrogens is 1. The van der Waals surface area contributed by atoms with Gasteiger partial charge < -0.3 is 0 Å². The van der Waals surface area contributed by atoms with Crippen molar-refractivity contribution in [1.29, 1.82) is 0 Å². The lowest BCUT2D eigenvalue weighted by molar-refractivity contribution is 0.0631. The minimum atomic E-state index is 0.500. The molecule has 3 unspecified atom stereocenters. The average molecular weight is 258 g/mol. The van der Waals surface area contributed by atoms with Gasteiger partial charge in [-0.1, -0.05) is 20.8 Å². The van der Waals surface area contributed by atoms with Crippen molar-refractivity contribution in [2.45, 2.75) is 59.0 Å². The first-order valence-corrected chi connectivity index (χ1v) is 7.81. The third kappa shape index (κ3) is 2.10. The van der Waals surface area contributed by atoms with E-state index in [4.69, 9.17) is 0 Å². The summed E-state index contributed by atoms with van der Waals surface area (Å²) in [4.78, 5) is 7.04. The molecule has 0 aromatic carbocycles. The maximum absolute atomic E-state index is 4.30. The van der Waals surface area contributed by atoms with Crippen LogP contribution in [-0.4, -0.2) is 22.5 Å². The fourth-order valence-electron chi connectivity index (χ4n) is 4.25. The summed E-state index contributed by atoms with van der Waals surface area (Å²) >= 11 is 0. The summed E-state index contributed by atoms with van der Waals surface area (Å²) in [5.41, 5.74) is 3.46. The summed E-state index contributed by atoms with van der Waals surface area (Å²) in [6.45, 7) is 9.66. The molecule has 19 heavy (non-hydrogen) atoms. The first kappa shape index (κ1) is 13.1. The second-order valence-corrected chi connectivity index (χ2v) is 6.72. The molecule has 1 aromatic rings. The van der Waals surface area contributed by atoms with Gasteiger partial charge in [0.05, 0.1) is 0 Å². The molecule has 1 fully saturated rings. The van der Waals surface area contributed by atoms with E-state index in [2.05, 4.69) is 42.9 Å². The molecule has 104 valence electrons. The highest BCUT2D eigenvalue weighted by atomic mass is 15.2. The second-order valence-electron chi connectivity index (χ2n) is 6.72. The van der Waals surface area contributed by atoms with Crippen molar-refractivity contribution in [3.05, 3.63) is 29.6 Å². The number of hydrogen-bond acceptors (Lipinski definition) is 2. The van der Waals surface area contributed by atoms with Crippen LogP contribution in [0.5, 0.6) is 0 Å². The van der Waals surface area contributed by atoms with E-state index in [0.29, 0.717) is 5.41 Å². The lowest BCUT2D eigenvalue weighted by Gasteiger charge is -2.43. The Bertz CT molecular complexity index is 456. The molecule has 2 nitrogen and oxygen atoms in total. The molecule has 2 aliphatic rings. The van der Waals surface area contributed by atoms with Gasteiger partial charge in [0.15, 0.2) is 0 Å². The van der Waals surface area contributed by atoms with Crippen LogP contribution in [0.3, 0.4) is 0 Å². The molecule has 0 saturated heterocycles. The highest BCUT2D eigenvalue weighted by Crippen LogP contribution is 2.48. The summed E-state index contributed by atoms with van der Waals surface area (Å²) in [5.74, 6) is 0.859. The van der Waals surface area contributed by atoms with Crippen LogP contribution >= 0.6 is 0 Å². The van der Waals surface area contributed by atoms with Gasteiger partial charge in [-0.05, 0) is 54.2 Å². The standard InChI is InChI=1S/C17H26N2/c1-4-17(3)13(2)5-6-16(17)19-10-8-14-7-9-18-11-15(14)12-19/h7,9,11,13,16H,4-6,8,10,12H2,1-3H3. The zero-order valence-electron chi connectivity index (χ0n) is 12.5. The summed E-state index contributed by atoms with van der Waals surface area (Å²) in [5, 5.41) is 0. The lowest BCUT2D eigenvalue weighted by atomic mass is 9.75. The van der Waals surface area contributed by atoms with Gasteiger partial charge in [0.25, 0.3) is 0 Å². The Morgan fingerprint density at radius 1 is 1.37 bits per heavy atom. The van der Waals surface area contributed by atoms with Gasteiger partial charge in [0.1, 0.15) is 0 Å². The van der Waals surface area contributed by atoms with Gasteiger partial charge in [-0.25, -0.2) is 0 Å². The van der Waals surface area contributed by atoms with Gasteiger partial charge in [-0.15, -0.1) is 0 Å². The largest absolute Gasteiger partial charge is 0.295 e. The number of fused-ring (bicyclic) bond motifs is 1. The highest BCUT2D eigenvalue weighted by Gasteiger charge is 2.45. The van der Waals surface area contributed by atoms with Crippen LogP contribution in [0.15, 0.2) is 18.5 Å². The van der Waals surface area contributed by atoms with Crippen LogP contribution in [0.1, 0.15) is 51.2 Å². The summed E-state index contributed by atoms with van der Waals surface area (Å²) < 4.78 is 0. The summed E-state index contributed by atoms with van der Waals surface area (Å²) in [6.07, 6.45) is 9.27. The Balaban J connectivity index is 1.82. The van der Waals surface area contributed by atoms with E-state index in [1.54, 1.807) is 0 Å². The number of hydrogen-bond donors (Lipinski definition) is 0. The number of pyridine rings is 1.